The molecule has 0 aromatic heterocycles. The van der Waals surface area contributed by atoms with Crippen LogP contribution >= 0.6 is 0 Å². The largest absolute Gasteiger partial charge is 0.488 e. The Bertz CT molecular complexity index is 313. The third-order valence-electron chi connectivity index (χ3n) is 2.78. The molecule has 0 heterocycles. The van der Waals surface area contributed by atoms with Gasteiger partial charge in [-0.3, -0.25) is 0 Å². The Morgan fingerprint density at radius 3 is 2.33 bits per heavy atom. The second-order valence-electron chi connectivity index (χ2n) is 4.91. The Labute approximate surface area is 93.5 Å². The van der Waals surface area contributed by atoms with Crippen LogP contribution in [-0.2, 0) is 0 Å². The molecule has 1 heteroatoms. The molecule has 0 radical (unpaired) electrons. The van der Waals surface area contributed by atoms with Crippen LogP contribution in [0, 0.1) is 0 Å². The standard InChI is InChI=1S/C14H22O/c1-6-14(4,5)15-13-10-8-7-9-12(13)11(2)3/h7-11H,6H2,1-5H3. The van der Waals surface area contributed by atoms with Gasteiger partial charge in [0.05, 0.1) is 0 Å². The summed E-state index contributed by atoms with van der Waals surface area (Å²) >= 11 is 0. The molecule has 0 N–H and O–H groups in total. The first-order chi connectivity index (χ1) is 6.96. The van der Waals surface area contributed by atoms with Crippen molar-refractivity contribution in [2.24, 2.45) is 0 Å². The molecule has 0 aliphatic heterocycles. The number of para-hydroxylation sites is 1. The molecule has 0 unspecified atom stereocenters. The van der Waals surface area contributed by atoms with Crippen molar-refractivity contribution in [2.45, 2.75) is 52.6 Å². The smallest absolute Gasteiger partial charge is 0.123 e. The topological polar surface area (TPSA) is 9.23 Å². The number of rotatable bonds is 4. The summed E-state index contributed by atoms with van der Waals surface area (Å²) in [5.74, 6) is 1.54. The highest BCUT2D eigenvalue weighted by Crippen LogP contribution is 2.29. The minimum Gasteiger partial charge on any atom is -0.488 e. The maximum atomic E-state index is 6.04. The Morgan fingerprint density at radius 1 is 1.20 bits per heavy atom. The van der Waals surface area contributed by atoms with Crippen molar-refractivity contribution >= 4 is 0 Å². The Hall–Kier alpha value is -0.980. The van der Waals surface area contributed by atoms with Gasteiger partial charge in [0, 0.05) is 0 Å². The minimum atomic E-state index is -0.0784. The van der Waals surface area contributed by atoms with Crippen LogP contribution in [0.15, 0.2) is 24.3 Å². The summed E-state index contributed by atoms with van der Waals surface area (Å²) in [5.41, 5.74) is 1.21. The Morgan fingerprint density at radius 2 is 1.80 bits per heavy atom. The van der Waals surface area contributed by atoms with Crippen LogP contribution in [-0.4, -0.2) is 5.60 Å². The molecule has 1 nitrogen and oxygen atoms in total. The zero-order valence-electron chi connectivity index (χ0n) is 10.5. The van der Waals surface area contributed by atoms with Crippen LogP contribution in [0.4, 0.5) is 0 Å². The first-order valence-electron chi connectivity index (χ1n) is 5.74. The SMILES string of the molecule is CCC(C)(C)Oc1ccccc1C(C)C. The molecule has 1 rings (SSSR count). The van der Waals surface area contributed by atoms with Crippen molar-refractivity contribution in [2.75, 3.05) is 0 Å². The van der Waals surface area contributed by atoms with Crippen molar-refractivity contribution in [3.63, 3.8) is 0 Å². The zero-order valence-corrected chi connectivity index (χ0v) is 10.5. The summed E-state index contributed by atoms with van der Waals surface area (Å²) in [4.78, 5) is 0. The molecule has 1 aromatic carbocycles. The van der Waals surface area contributed by atoms with E-state index < -0.39 is 0 Å². The van der Waals surface area contributed by atoms with E-state index in [1.165, 1.54) is 5.56 Å². The number of hydrogen-bond donors (Lipinski definition) is 0. The second-order valence-corrected chi connectivity index (χ2v) is 4.91. The van der Waals surface area contributed by atoms with Gasteiger partial charge in [-0.2, -0.15) is 0 Å². The van der Waals surface area contributed by atoms with Gasteiger partial charge < -0.3 is 4.74 Å². The van der Waals surface area contributed by atoms with Gasteiger partial charge in [-0.05, 0) is 37.8 Å². The molecule has 0 aliphatic rings. The number of hydrogen-bond acceptors (Lipinski definition) is 1. The molecule has 0 aliphatic carbocycles. The molecule has 84 valence electrons. The third kappa shape index (κ3) is 3.26. The molecule has 0 amide bonds. The second kappa shape index (κ2) is 4.69. The quantitative estimate of drug-likeness (QED) is 0.710. The van der Waals surface area contributed by atoms with Gasteiger partial charge in [0.25, 0.3) is 0 Å². The minimum absolute atomic E-state index is 0.0784. The van der Waals surface area contributed by atoms with Gasteiger partial charge in [0.15, 0.2) is 0 Å². The maximum Gasteiger partial charge on any atom is 0.123 e. The van der Waals surface area contributed by atoms with Crippen LogP contribution in [0.3, 0.4) is 0 Å². The Kier molecular flexibility index (Phi) is 3.78. The van der Waals surface area contributed by atoms with E-state index >= 15 is 0 Å². The van der Waals surface area contributed by atoms with Crippen LogP contribution in [0.5, 0.6) is 5.75 Å². The highest BCUT2D eigenvalue weighted by Gasteiger charge is 2.18. The van der Waals surface area contributed by atoms with E-state index in [-0.39, 0.29) is 5.60 Å². The van der Waals surface area contributed by atoms with Gasteiger partial charge in [-0.1, -0.05) is 39.0 Å². The van der Waals surface area contributed by atoms with E-state index in [0.29, 0.717) is 5.92 Å². The zero-order chi connectivity index (χ0) is 11.5. The van der Waals surface area contributed by atoms with Gasteiger partial charge in [-0.25, -0.2) is 0 Å². The average molecular weight is 206 g/mol. The van der Waals surface area contributed by atoms with Gasteiger partial charge in [-0.15, -0.1) is 0 Å². The fourth-order valence-corrected chi connectivity index (χ4v) is 1.42. The summed E-state index contributed by atoms with van der Waals surface area (Å²) in [6.45, 7) is 10.8. The molecular formula is C14H22O. The highest BCUT2D eigenvalue weighted by atomic mass is 16.5. The van der Waals surface area contributed by atoms with Gasteiger partial charge in [0.2, 0.25) is 0 Å². The summed E-state index contributed by atoms with van der Waals surface area (Å²) in [5, 5.41) is 0. The molecule has 0 atom stereocenters. The first-order valence-corrected chi connectivity index (χ1v) is 5.74. The third-order valence-corrected chi connectivity index (χ3v) is 2.78. The van der Waals surface area contributed by atoms with Crippen molar-refractivity contribution in [1.29, 1.82) is 0 Å². The lowest BCUT2D eigenvalue weighted by Gasteiger charge is -2.27. The molecule has 0 spiro atoms. The fraction of sp³-hybridized carbons (Fsp3) is 0.571. The summed E-state index contributed by atoms with van der Waals surface area (Å²) in [7, 11) is 0. The van der Waals surface area contributed by atoms with E-state index in [4.69, 9.17) is 4.74 Å². The molecule has 0 bridgehead atoms. The lowest BCUT2D eigenvalue weighted by molar-refractivity contribution is 0.103. The van der Waals surface area contributed by atoms with Crippen LogP contribution < -0.4 is 4.74 Å². The van der Waals surface area contributed by atoms with E-state index in [2.05, 4.69) is 52.8 Å². The molecule has 0 saturated heterocycles. The van der Waals surface area contributed by atoms with Crippen LogP contribution in [0.25, 0.3) is 0 Å². The van der Waals surface area contributed by atoms with Crippen LogP contribution in [0.2, 0.25) is 0 Å². The number of benzene rings is 1. The Balaban J connectivity index is 2.94. The predicted octanol–water partition coefficient (Wildman–Crippen LogP) is 4.38. The molecule has 0 saturated carbocycles. The maximum absolute atomic E-state index is 6.04. The van der Waals surface area contributed by atoms with Crippen molar-refractivity contribution in [3.05, 3.63) is 29.8 Å². The predicted molar refractivity (Wildman–Crippen MR) is 65.5 cm³/mol. The molecule has 0 fully saturated rings. The average Bonchev–Trinajstić information content (AvgIpc) is 2.18. The first kappa shape index (κ1) is 12.1. The van der Waals surface area contributed by atoms with Gasteiger partial charge >= 0.3 is 0 Å². The molecule has 15 heavy (non-hydrogen) atoms. The molecule has 1 aromatic rings. The summed E-state index contributed by atoms with van der Waals surface area (Å²) in [6.07, 6.45) is 1.01. The van der Waals surface area contributed by atoms with E-state index in [1.54, 1.807) is 0 Å². The normalized spacial score (nSPS) is 11.9. The number of ether oxygens (including phenoxy) is 1. The van der Waals surface area contributed by atoms with Gasteiger partial charge in [0.1, 0.15) is 11.4 Å². The summed E-state index contributed by atoms with van der Waals surface area (Å²) < 4.78 is 6.04. The van der Waals surface area contributed by atoms with Crippen molar-refractivity contribution in [3.8, 4) is 5.75 Å². The monoisotopic (exact) mass is 206 g/mol. The van der Waals surface area contributed by atoms with Crippen molar-refractivity contribution < 1.29 is 4.74 Å². The van der Waals surface area contributed by atoms with Crippen LogP contribution in [0.1, 0.15) is 52.5 Å². The lowest BCUT2D eigenvalue weighted by atomic mass is 10.0. The van der Waals surface area contributed by atoms with E-state index in [0.717, 1.165) is 12.2 Å². The molecular weight excluding hydrogens is 184 g/mol. The fourth-order valence-electron chi connectivity index (χ4n) is 1.42. The van der Waals surface area contributed by atoms with E-state index in [1.807, 2.05) is 6.07 Å². The van der Waals surface area contributed by atoms with Crippen molar-refractivity contribution in [1.82, 2.24) is 0 Å². The lowest BCUT2D eigenvalue weighted by Crippen LogP contribution is -2.27. The highest BCUT2D eigenvalue weighted by molar-refractivity contribution is 5.36. The summed E-state index contributed by atoms with van der Waals surface area (Å²) in [6, 6.07) is 8.31. The van der Waals surface area contributed by atoms with E-state index in [9.17, 15) is 0 Å².